The third-order valence-corrected chi connectivity index (χ3v) is 8.72. The van der Waals surface area contributed by atoms with Crippen LogP contribution in [0.1, 0.15) is 129 Å². The van der Waals surface area contributed by atoms with E-state index in [2.05, 4.69) is 18.7 Å². The molecule has 1 aliphatic rings. The fourth-order valence-corrected chi connectivity index (χ4v) is 6.12. The number of carbonyl (C=O) groups excluding carboxylic acids is 1. The van der Waals surface area contributed by atoms with Crippen LogP contribution in [-0.4, -0.2) is 51.1 Å². The van der Waals surface area contributed by atoms with Gasteiger partial charge in [-0.2, -0.15) is 0 Å². The highest BCUT2D eigenvalue weighted by Gasteiger charge is 2.24. The van der Waals surface area contributed by atoms with Crippen molar-refractivity contribution in [3.63, 3.8) is 0 Å². The molecule has 1 saturated heterocycles. The van der Waals surface area contributed by atoms with Crippen molar-refractivity contribution in [3.8, 4) is 17.2 Å². The summed E-state index contributed by atoms with van der Waals surface area (Å²) >= 11 is 0. The van der Waals surface area contributed by atoms with Crippen molar-refractivity contribution in [2.45, 2.75) is 135 Å². The predicted octanol–water partition coefficient (Wildman–Crippen LogP) is 8.80. The minimum absolute atomic E-state index is 0.0974. The van der Waals surface area contributed by atoms with Crippen molar-refractivity contribution in [1.29, 1.82) is 0 Å². The van der Waals surface area contributed by atoms with E-state index in [1.54, 1.807) is 21.3 Å². The lowest BCUT2D eigenvalue weighted by molar-refractivity contribution is -0.122. The Labute approximate surface area is 240 Å². The molecule has 0 saturated carbocycles. The summed E-state index contributed by atoms with van der Waals surface area (Å²) in [6.07, 6.45) is 22.0. The number of hydrogen-bond acceptors (Lipinski definition) is 5. The molecule has 1 heterocycles. The van der Waals surface area contributed by atoms with E-state index in [9.17, 15) is 4.79 Å². The Morgan fingerprint density at radius 2 is 1.38 bits per heavy atom. The van der Waals surface area contributed by atoms with E-state index in [-0.39, 0.29) is 5.92 Å². The Hall–Kier alpha value is -1.75. The number of Topliss-reactive ketones (excluding diaryl/α,β-unsaturated/α-hetero) is 1. The maximum absolute atomic E-state index is 13.7. The van der Waals surface area contributed by atoms with E-state index in [1.807, 2.05) is 12.1 Å². The Kier molecular flexibility index (Phi) is 17.3. The van der Waals surface area contributed by atoms with Crippen LogP contribution in [0.25, 0.3) is 0 Å². The molecular weight excluding hydrogens is 486 g/mol. The molecule has 2 atom stereocenters. The third-order valence-electron chi connectivity index (χ3n) is 8.72. The van der Waals surface area contributed by atoms with Gasteiger partial charge in [-0.3, -0.25) is 4.79 Å². The molecule has 2 rings (SSSR count). The van der Waals surface area contributed by atoms with E-state index in [0.29, 0.717) is 35.5 Å². The summed E-state index contributed by atoms with van der Waals surface area (Å²) in [5, 5.41) is 0. The zero-order chi connectivity index (χ0) is 28.3. The molecule has 0 aromatic heterocycles. The van der Waals surface area contributed by atoms with Crippen molar-refractivity contribution in [3.05, 3.63) is 17.7 Å². The van der Waals surface area contributed by atoms with Crippen LogP contribution in [-0.2, 0) is 11.2 Å². The highest BCUT2D eigenvalue weighted by Crippen LogP contribution is 2.35. The van der Waals surface area contributed by atoms with E-state index < -0.39 is 0 Å². The Morgan fingerprint density at radius 1 is 0.821 bits per heavy atom. The number of rotatable bonds is 22. The van der Waals surface area contributed by atoms with Crippen molar-refractivity contribution >= 4 is 5.78 Å². The summed E-state index contributed by atoms with van der Waals surface area (Å²) in [7, 11) is 4.92. The number of ketones is 1. The van der Waals surface area contributed by atoms with Crippen molar-refractivity contribution in [1.82, 2.24) is 4.90 Å². The van der Waals surface area contributed by atoms with Gasteiger partial charge in [-0.25, -0.2) is 0 Å². The summed E-state index contributed by atoms with van der Waals surface area (Å²) in [4.78, 5) is 16.3. The quantitative estimate of drug-likeness (QED) is 0.136. The summed E-state index contributed by atoms with van der Waals surface area (Å²) in [6.45, 7) is 6.95. The number of benzene rings is 1. The predicted molar refractivity (Wildman–Crippen MR) is 163 cm³/mol. The molecule has 5 heteroatoms. The van der Waals surface area contributed by atoms with Gasteiger partial charge >= 0.3 is 0 Å². The van der Waals surface area contributed by atoms with E-state index in [1.165, 1.54) is 90.0 Å². The molecule has 0 radical (unpaired) electrons. The van der Waals surface area contributed by atoms with Gasteiger partial charge in [-0.15, -0.1) is 0 Å². The average molecular weight is 546 g/mol. The first-order valence-electron chi connectivity index (χ1n) is 16.1. The number of hydrogen-bond donors (Lipinski definition) is 0. The molecular formula is C34H59NO4. The zero-order valence-electron chi connectivity index (χ0n) is 26.0. The third kappa shape index (κ3) is 12.5. The number of likely N-dealkylation sites (tertiary alicyclic amines) is 1. The second-order valence-corrected chi connectivity index (χ2v) is 11.7. The maximum atomic E-state index is 13.7. The van der Waals surface area contributed by atoms with Crippen molar-refractivity contribution in [2.75, 3.05) is 34.4 Å². The number of carbonyl (C=O) groups is 1. The van der Waals surface area contributed by atoms with Crippen LogP contribution in [0.15, 0.2) is 12.1 Å². The SMILES string of the molecule is CCCCCCCCCCCCCC(CCCN1CCCCC1C)C(=O)Cc1c(OC)cc(OC)cc1OC. The molecule has 5 nitrogen and oxygen atoms in total. The standard InChI is InChI=1S/C34H59NO4/c1-6-7-8-9-10-11-12-13-14-15-16-21-29(22-19-24-35-23-18-17-20-28(35)2)32(36)27-31-33(38-4)25-30(37-3)26-34(31)39-5/h25-26,28-29H,6-24,27H2,1-5H3. The van der Waals surface area contributed by atoms with Gasteiger partial charge in [0.1, 0.15) is 23.0 Å². The second-order valence-electron chi connectivity index (χ2n) is 11.7. The minimum atomic E-state index is 0.0974. The first-order chi connectivity index (χ1) is 19.0. The van der Waals surface area contributed by atoms with Crippen molar-refractivity contribution in [2.24, 2.45) is 5.92 Å². The Bertz CT molecular complexity index is 770. The molecule has 2 unspecified atom stereocenters. The Balaban J connectivity index is 1.90. The van der Waals surface area contributed by atoms with Gasteiger partial charge in [0.25, 0.3) is 0 Å². The normalized spacial score (nSPS) is 16.7. The summed E-state index contributed by atoms with van der Waals surface area (Å²) in [5.74, 6) is 2.41. The number of methoxy groups -OCH3 is 3. The van der Waals surface area contributed by atoms with Gasteiger partial charge in [0.2, 0.25) is 0 Å². The second kappa shape index (κ2) is 20.2. The largest absolute Gasteiger partial charge is 0.496 e. The van der Waals surface area contributed by atoms with Crippen LogP contribution in [0, 0.1) is 5.92 Å². The first-order valence-corrected chi connectivity index (χ1v) is 16.1. The summed E-state index contributed by atoms with van der Waals surface area (Å²) in [5.41, 5.74) is 0.833. The van der Waals surface area contributed by atoms with Crippen LogP contribution in [0.4, 0.5) is 0 Å². The lowest BCUT2D eigenvalue weighted by Gasteiger charge is -2.33. The summed E-state index contributed by atoms with van der Waals surface area (Å²) in [6, 6.07) is 4.37. The van der Waals surface area contributed by atoms with Gasteiger partial charge in [0, 0.05) is 36.1 Å². The van der Waals surface area contributed by atoms with Crippen molar-refractivity contribution < 1.29 is 19.0 Å². The molecule has 0 amide bonds. The van der Waals surface area contributed by atoms with Crippen LogP contribution in [0.3, 0.4) is 0 Å². The highest BCUT2D eigenvalue weighted by molar-refractivity contribution is 5.84. The molecule has 39 heavy (non-hydrogen) atoms. The van der Waals surface area contributed by atoms with Gasteiger partial charge in [0.05, 0.1) is 21.3 Å². The Morgan fingerprint density at radius 3 is 1.92 bits per heavy atom. The number of nitrogens with zero attached hydrogens (tertiary/aromatic N) is 1. The monoisotopic (exact) mass is 545 g/mol. The van der Waals surface area contributed by atoms with Gasteiger partial charge < -0.3 is 19.1 Å². The fourth-order valence-electron chi connectivity index (χ4n) is 6.12. The molecule has 0 spiro atoms. The zero-order valence-corrected chi connectivity index (χ0v) is 26.0. The fraction of sp³-hybridized carbons (Fsp3) is 0.794. The number of ether oxygens (including phenoxy) is 3. The van der Waals surface area contributed by atoms with Crippen LogP contribution in [0.5, 0.6) is 17.2 Å². The minimum Gasteiger partial charge on any atom is -0.496 e. The van der Waals surface area contributed by atoms with E-state index in [0.717, 1.165) is 37.8 Å². The molecule has 0 bridgehead atoms. The van der Waals surface area contributed by atoms with E-state index in [4.69, 9.17) is 14.2 Å². The van der Waals surface area contributed by atoms with Gasteiger partial charge in [-0.05, 0) is 52.1 Å². The molecule has 0 aliphatic carbocycles. The molecule has 0 N–H and O–H groups in total. The number of piperidine rings is 1. The average Bonchev–Trinajstić information content (AvgIpc) is 2.95. The van der Waals surface area contributed by atoms with Gasteiger partial charge in [-0.1, -0.05) is 84.0 Å². The first kappa shape index (κ1) is 33.5. The molecule has 224 valence electrons. The lowest BCUT2D eigenvalue weighted by Crippen LogP contribution is -2.38. The topological polar surface area (TPSA) is 48.0 Å². The van der Waals surface area contributed by atoms with Crippen LogP contribution in [0.2, 0.25) is 0 Å². The molecule has 1 fully saturated rings. The smallest absolute Gasteiger partial charge is 0.140 e. The van der Waals surface area contributed by atoms with Crippen LogP contribution >= 0.6 is 0 Å². The maximum Gasteiger partial charge on any atom is 0.140 e. The lowest BCUT2D eigenvalue weighted by atomic mass is 9.88. The molecule has 1 aromatic rings. The molecule has 1 aliphatic heterocycles. The highest BCUT2D eigenvalue weighted by atomic mass is 16.5. The molecule has 1 aromatic carbocycles. The summed E-state index contributed by atoms with van der Waals surface area (Å²) < 4.78 is 16.7. The van der Waals surface area contributed by atoms with Crippen LogP contribution < -0.4 is 14.2 Å². The number of unbranched alkanes of at least 4 members (excludes halogenated alkanes) is 10. The van der Waals surface area contributed by atoms with E-state index >= 15 is 0 Å². The van der Waals surface area contributed by atoms with Gasteiger partial charge in [0.15, 0.2) is 0 Å².